The molecule has 0 spiro atoms. The Hall–Kier alpha value is -2.02. The average Bonchev–Trinajstić information content (AvgIpc) is 2.84. The third-order valence-corrected chi connectivity index (χ3v) is 8.22. The lowest BCUT2D eigenvalue weighted by Crippen LogP contribution is -2.25. The van der Waals surface area contributed by atoms with Gasteiger partial charge in [-0.05, 0) is 92.7 Å². The van der Waals surface area contributed by atoms with Crippen LogP contribution < -0.4 is 0 Å². The van der Waals surface area contributed by atoms with Gasteiger partial charge in [0.15, 0.2) is 0 Å². The third-order valence-electron chi connectivity index (χ3n) is 8.22. The summed E-state index contributed by atoms with van der Waals surface area (Å²) in [6.07, 6.45) is 21.2. The molecule has 0 heterocycles. The van der Waals surface area contributed by atoms with Crippen molar-refractivity contribution < 1.29 is 13.2 Å². The van der Waals surface area contributed by atoms with Crippen LogP contribution in [0.5, 0.6) is 0 Å². The molecular weight excluding hydrogens is 431 g/mol. The molecule has 0 radical (unpaired) electrons. The van der Waals surface area contributed by atoms with E-state index in [2.05, 4.69) is 6.08 Å². The lowest BCUT2D eigenvalue weighted by molar-refractivity contribution is -0.137. The summed E-state index contributed by atoms with van der Waals surface area (Å²) >= 11 is 0. The van der Waals surface area contributed by atoms with E-state index in [0.717, 1.165) is 48.5 Å². The van der Waals surface area contributed by atoms with E-state index >= 15 is 0 Å². The number of unbranched alkanes of at least 4 members (excludes halogenated alkanes) is 1. The van der Waals surface area contributed by atoms with Crippen molar-refractivity contribution in [3.05, 3.63) is 59.7 Å². The molecule has 0 atom stereocenters. The molecule has 2 aliphatic carbocycles. The molecule has 2 fully saturated rings. The first-order valence-electron chi connectivity index (χ1n) is 13.3. The fourth-order valence-corrected chi connectivity index (χ4v) is 6.12. The number of rotatable bonds is 10. The van der Waals surface area contributed by atoms with Gasteiger partial charge in [0.05, 0.1) is 11.6 Å². The molecule has 0 amide bonds. The Morgan fingerprint density at radius 1 is 0.794 bits per heavy atom. The van der Waals surface area contributed by atoms with Gasteiger partial charge in [0.1, 0.15) is 0 Å². The first kappa shape index (κ1) is 26.6. The van der Waals surface area contributed by atoms with Gasteiger partial charge in [-0.2, -0.15) is 18.4 Å². The van der Waals surface area contributed by atoms with E-state index in [-0.39, 0.29) is 0 Å². The van der Waals surface area contributed by atoms with E-state index in [1.165, 1.54) is 88.8 Å². The van der Waals surface area contributed by atoms with Crippen LogP contribution in [-0.4, -0.2) is 0 Å². The zero-order chi connectivity index (χ0) is 24.2. The molecule has 0 aromatic heterocycles. The van der Waals surface area contributed by atoms with Crippen molar-refractivity contribution in [2.45, 2.75) is 96.1 Å². The summed E-state index contributed by atoms with van der Waals surface area (Å²) in [4.78, 5) is 0. The Labute approximate surface area is 204 Å². The average molecular weight is 472 g/mol. The maximum atomic E-state index is 12.7. The van der Waals surface area contributed by atoms with Crippen LogP contribution in [0.2, 0.25) is 0 Å². The summed E-state index contributed by atoms with van der Waals surface area (Å²) in [5.74, 6) is 3.59. The molecule has 0 unspecified atom stereocenters. The molecule has 1 aromatic rings. The number of hydrogen-bond donors (Lipinski definition) is 0. The van der Waals surface area contributed by atoms with Crippen molar-refractivity contribution in [3.8, 4) is 6.07 Å². The molecule has 1 nitrogen and oxygen atoms in total. The van der Waals surface area contributed by atoms with Crippen LogP contribution in [-0.2, 0) is 12.6 Å². The van der Waals surface area contributed by atoms with Gasteiger partial charge in [0.2, 0.25) is 0 Å². The smallest absolute Gasteiger partial charge is 0.193 e. The highest BCUT2D eigenvalue weighted by molar-refractivity contribution is 5.24. The van der Waals surface area contributed by atoms with Gasteiger partial charge < -0.3 is 0 Å². The quantitative estimate of drug-likeness (QED) is 0.189. The number of aryl methyl sites for hydroxylation is 1. The van der Waals surface area contributed by atoms with Crippen LogP contribution in [0.25, 0.3) is 0 Å². The van der Waals surface area contributed by atoms with Crippen LogP contribution in [0.3, 0.4) is 0 Å². The Morgan fingerprint density at radius 3 is 1.94 bits per heavy atom. The maximum Gasteiger partial charge on any atom is 0.416 e. The van der Waals surface area contributed by atoms with Gasteiger partial charge >= 0.3 is 6.18 Å². The van der Waals surface area contributed by atoms with E-state index in [0.29, 0.717) is 0 Å². The summed E-state index contributed by atoms with van der Waals surface area (Å²) in [6.45, 7) is 0. The predicted octanol–water partition coefficient (Wildman–Crippen LogP) is 9.45. The monoisotopic (exact) mass is 471 g/mol. The summed E-state index contributed by atoms with van der Waals surface area (Å²) in [5.41, 5.74) is 0.457. The maximum absolute atomic E-state index is 12.7. The zero-order valence-electron chi connectivity index (χ0n) is 20.4. The Morgan fingerprint density at radius 2 is 1.38 bits per heavy atom. The second-order valence-corrected chi connectivity index (χ2v) is 10.5. The highest BCUT2D eigenvalue weighted by atomic mass is 19.4. The number of hydrogen-bond acceptors (Lipinski definition) is 1. The van der Waals surface area contributed by atoms with Gasteiger partial charge in [-0.3, -0.25) is 0 Å². The number of allylic oxidation sites excluding steroid dienone is 4. The first-order valence-corrected chi connectivity index (χ1v) is 13.3. The van der Waals surface area contributed by atoms with Crippen LogP contribution in [0.4, 0.5) is 13.2 Å². The van der Waals surface area contributed by atoms with E-state index in [9.17, 15) is 13.2 Å². The van der Waals surface area contributed by atoms with Gasteiger partial charge in [-0.15, -0.1) is 0 Å². The molecule has 0 saturated heterocycles. The molecule has 3 rings (SSSR count). The molecular formula is C30H40F3N. The molecule has 0 bridgehead atoms. The standard InChI is InChI=1S/C30H40F3N/c31-30(32,33)29-21-15-26(16-22-29)10-6-5-9-25-13-19-28(20-14-25)27-17-11-24(12-18-27)8-4-2-1-3-7-23-34/h1-3,7,15-16,21-22,24-25,27-28H,4-6,8-14,17-20H2/b2-1+,7-3+/t24?,25-,27?,28-. The number of nitrogens with zero attached hydrogens (tertiary/aromatic N) is 1. The topological polar surface area (TPSA) is 23.8 Å². The van der Waals surface area contributed by atoms with Crippen LogP contribution >= 0.6 is 0 Å². The van der Waals surface area contributed by atoms with Crippen LogP contribution in [0.15, 0.2) is 48.6 Å². The zero-order valence-corrected chi connectivity index (χ0v) is 20.4. The van der Waals surface area contributed by atoms with Crippen molar-refractivity contribution in [3.63, 3.8) is 0 Å². The molecule has 34 heavy (non-hydrogen) atoms. The number of alkyl halides is 3. The van der Waals surface area contributed by atoms with Crippen molar-refractivity contribution in [1.82, 2.24) is 0 Å². The molecule has 4 heteroatoms. The van der Waals surface area contributed by atoms with Gasteiger partial charge in [0.25, 0.3) is 0 Å². The second kappa shape index (κ2) is 13.8. The molecule has 186 valence electrons. The molecule has 2 saturated carbocycles. The lowest BCUT2D eigenvalue weighted by Gasteiger charge is -2.38. The van der Waals surface area contributed by atoms with Gasteiger partial charge in [0, 0.05) is 6.08 Å². The number of benzene rings is 1. The van der Waals surface area contributed by atoms with Gasteiger partial charge in [-0.1, -0.05) is 68.9 Å². The first-order chi connectivity index (χ1) is 16.5. The molecule has 0 aliphatic heterocycles. The van der Waals surface area contributed by atoms with E-state index in [1.807, 2.05) is 18.2 Å². The summed E-state index contributed by atoms with van der Waals surface area (Å²) in [6, 6.07) is 7.69. The summed E-state index contributed by atoms with van der Waals surface area (Å²) < 4.78 is 38.0. The minimum atomic E-state index is -4.24. The van der Waals surface area contributed by atoms with Crippen LogP contribution in [0.1, 0.15) is 94.6 Å². The summed E-state index contributed by atoms with van der Waals surface area (Å²) in [7, 11) is 0. The Bertz CT molecular complexity index is 799. The lowest BCUT2D eigenvalue weighted by atomic mass is 9.68. The minimum Gasteiger partial charge on any atom is -0.193 e. The van der Waals surface area contributed by atoms with Crippen molar-refractivity contribution >= 4 is 0 Å². The molecule has 0 N–H and O–H groups in total. The largest absolute Gasteiger partial charge is 0.416 e. The second-order valence-electron chi connectivity index (χ2n) is 10.5. The highest BCUT2D eigenvalue weighted by Crippen LogP contribution is 2.43. The number of nitriles is 1. The SMILES string of the molecule is N#C/C=C/C=C/CCC1CCC([C@H]2CC[C@H](CCCCc3ccc(C(F)(F)F)cc3)CC2)CC1. The highest BCUT2D eigenvalue weighted by Gasteiger charge is 2.31. The Kier molecular flexibility index (Phi) is 10.8. The fourth-order valence-electron chi connectivity index (χ4n) is 6.12. The predicted molar refractivity (Wildman–Crippen MR) is 133 cm³/mol. The normalized spacial score (nSPS) is 26.2. The van der Waals surface area contributed by atoms with Gasteiger partial charge in [-0.25, -0.2) is 0 Å². The van der Waals surface area contributed by atoms with Crippen molar-refractivity contribution in [1.29, 1.82) is 5.26 Å². The van der Waals surface area contributed by atoms with E-state index in [4.69, 9.17) is 5.26 Å². The molecule has 2 aliphatic rings. The minimum absolute atomic E-state index is 0.556. The van der Waals surface area contributed by atoms with Crippen molar-refractivity contribution in [2.24, 2.45) is 23.7 Å². The van der Waals surface area contributed by atoms with Crippen LogP contribution in [0, 0.1) is 35.0 Å². The summed E-state index contributed by atoms with van der Waals surface area (Å²) in [5, 5.41) is 8.49. The van der Waals surface area contributed by atoms with E-state index in [1.54, 1.807) is 12.1 Å². The number of halogens is 3. The van der Waals surface area contributed by atoms with E-state index < -0.39 is 11.7 Å². The molecule has 1 aromatic carbocycles. The third kappa shape index (κ3) is 8.97. The fraction of sp³-hybridized carbons (Fsp3) is 0.633. The Balaban J connectivity index is 1.25. The van der Waals surface area contributed by atoms with Crippen molar-refractivity contribution in [2.75, 3.05) is 0 Å².